The highest BCUT2D eigenvalue weighted by Gasteiger charge is 2.26. The van der Waals surface area contributed by atoms with Gasteiger partial charge in [0.1, 0.15) is 11.3 Å². The Labute approximate surface area is 129 Å². The van der Waals surface area contributed by atoms with Crippen molar-refractivity contribution in [2.24, 2.45) is 0 Å². The van der Waals surface area contributed by atoms with Crippen LogP contribution in [0.1, 0.15) is 18.7 Å². The Morgan fingerprint density at radius 1 is 1.27 bits per heavy atom. The van der Waals surface area contributed by atoms with Gasteiger partial charge in [-0.05, 0) is 19.1 Å². The number of sulfone groups is 1. The van der Waals surface area contributed by atoms with Crippen molar-refractivity contribution in [3.63, 3.8) is 0 Å². The number of urea groups is 1. The van der Waals surface area contributed by atoms with Crippen LogP contribution in [-0.4, -0.2) is 43.9 Å². The van der Waals surface area contributed by atoms with Gasteiger partial charge in [-0.3, -0.25) is 0 Å². The molecular formula is C15H18N2O4S. The second-order valence-electron chi connectivity index (χ2n) is 5.50. The molecular weight excluding hydrogens is 304 g/mol. The number of carbonyl (C=O) groups is 1. The first-order chi connectivity index (χ1) is 10.4. The van der Waals surface area contributed by atoms with Crippen molar-refractivity contribution < 1.29 is 17.6 Å². The third-order valence-electron chi connectivity index (χ3n) is 3.84. The van der Waals surface area contributed by atoms with Crippen LogP contribution in [0.2, 0.25) is 0 Å². The summed E-state index contributed by atoms with van der Waals surface area (Å²) < 4.78 is 28.5. The highest BCUT2D eigenvalue weighted by molar-refractivity contribution is 7.91. The Morgan fingerprint density at radius 2 is 1.95 bits per heavy atom. The lowest BCUT2D eigenvalue weighted by molar-refractivity contribution is 0.197. The molecule has 2 aromatic rings. The summed E-state index contributed by atoms with van der Waals surface area (Å²) in [6.45, 7) is 2.32. The van der Waals surface area contributed by atoms with Crippen molar-refractivity contribution in [1.29, 1.82) is 0 Å². The second-order valence-corrected chi connectivity index (χ2v) is 7.80. The maximum absolute atomic E-state index is 12.2. The first kappa shape index (κ1) is 14.9. The normalized spacial score (nSPS) is 19.0. The zero-order valence-electron chi connectivity index (χ0n) is 12.3. The SMILES string of the molecule is C[C@@H](NC(=O)N1CCS(=O)(=O)CC1)c1cc2ccccc2o1. The Morgan fingerprint density at radius 3 is 2.64 bits per heavy atom. The number of nitrogens with one attached hydrogen (secondary N) is 1. The summed E-state index contributed by atoms with van der Waals surface area (Å²) in [6, 6.07) is 9.02. The van der Waals surface area contributed by atoms with E-state index in [-0.39, 0.29) is 36.7 Å². The van der Waals surface area contributed by atoms with Crippen LogP contribution in [0, 0.1) is 0 Å². The van der Waals surface area contributed by atoms with E-state index in [0.717, 1.165) is 11.0 Å². The van der Waals surface area contributed by atoms with Gasteiger partial charge in [-0.25, -0.2) is 13.2 Å². The molecule has 1 aromatic carbocycles. The predicted octanol–water partition coefficient (Wildman–Crippen LogP) is 1.93. The van der Waals surface area contributed by atoms with Crippen LogP contribution >= 0.6 is 0 Å². The average molecular weight is 322 g/mol. The number of para-hydroxylation sites is 1. The molecule has 3 rings (SSSR count). The highest BCUT2D eigenvalue weighted by Crippen LogP contribution is 2.23. The first-order valence-corrected chi connectivity index (χ1v) is 9.01. The fourth-order valence-electron chi connectivity index (χ4n) is 2.48. The fraction of sp³-hybridized carbons (Fsp3) is 0.400. The van der Waals surface area contributed by atoms with Gasteiger partial charge in [0.15, 0.2) is 9.84 Å². The van der Waals surface area contributed by atoms with Crippen molar-refractivity contribution in [3.8, 4) is 0 Å². The van der Waals surface area contributed by atoms with E-state index in [9.17, 15) is 13.2 Å². The number of carbonyl (C=O) groups excluding carboxylic acids is 1. The van der Waals surface area contributed by atoms with Crippen molar-refractivity contribution in [1.82, 2.24) is 10.2 Å². The van der Waals surface area contributed by atoms with E-state index in [4.69, 9.17) is 4.42 Å². The van der Waals surface area contributed by atoms with Crippen LogP contribution in [0.4, 0.5) is 4.79 Å². The zero-order valence-corrected chi connectivity index (χ0v) is 13.1. The minimum atomic E-state index is -2.99. The third-order valence-corrected chi connectivity index (χ3v) is 5.45. The third kappa shape index (κ3) is 3.09. The number of fused-ring (bicyclic) bond motifs is 1. The van der Waals surface area contributed by atoms with E-state index < -0.39 is 9.84 Å². The van der Waals surface area contributed by atoms with Crippen LogP contribution < -0.4 is 5.32 Å². The van der Waals surface area contributed by atoms with Gasteiger partial charge in [0.25, 0.3) is 0 Å². The van der Waals surface area contributed by atoms with Gasteiger partial charge in [-0.1, -0.05) is 18.2 Å². The van der Waals surface area contributed by atoms with Crippen molar-refractivity contribution in [2.45, 2.75) is 13.0 Å². The van der Waals surface area contributed by atoms with Crippen molar-refractivity contribution in [3.05, 3.63) is 36.1 Å². The lowest BCUT2D eigenvalue weighted by Crippen LogP contribution is -2.48. The first-order valence-electron chi connectivity index (χ1n) is 7.19. The molecule has 0 aliphatic carbocycles. The minimum absolute atomic E-state index is 0.0272. The number of furan rings is 1. The van der Waals surface area contributed by atoms with E-state index in [1.807, 2.05) is 37.3 Å². The van der Waals surface area contributed by atoms with Crippen molar-refractivity contribution >= 4 is 26.8 Å². The molecule has 1 fully saturated rings. The van der Waals surface area contributed by atoms with Gasteiger partial charge in [-0.15, -0.1) is 0 Å². The molecule has 0 saturated carbocycles. The Kier molecular flexibility index (Phi) is 3.82. The van der Waals surface area contributed by atoms with E-state index in [2.05, 4.69) is 5.32 Å². The van der Waals surface area contributed by atoms with Gasteiger partial charge in [0, 0.05) is 18.5 Å². The lowest BCUT2D eigenvalue weighted by Gasteiger charge is -2.28. The molecule has 1 N–H and O–H groups in total. The van der Waals surface area contributed by atoms with Crippen LogP contribution in [-0.2, 0) is 9.84 Å². The van der Waals surface area contributed by atoms with Crippen LogP contribution in [0.3, 0.4) is 0 Å². The van der Waals surface area contributed by atoms with Crippen LogP contribution in [0.25, 0.3) is 11.0 Å². The summed E-state index contributed by atoms with van der Waals surface area (Å²) >= 11 is 0. The topological polar surface area (TPSA) is 79.6 Å². The summed E-state index contributed by atoms with van der Waals surface area (Å²) in [5, 5.41) is 3.84. The monoisotopic (exact) mass is 322 g/mol. The Hall–Kier alpha value is -2.02. The number of nitrogens with zero attached hydrogens (tertiary/aromatic N) is 1. The largest absolute Gasteiger partial charge is 0.459 e. The summed E-state index contributed by atoms with van der Waals surface area (Å²) in [4.78, 5) is 13.7. The Balaban J connectivity index is 1.66. The van der Waals surface area contributed by atoms with Gasteiger partial charge in [0.05, 0.1) is 17.5 Å². The molecule has 0 radical (unpaired) electrons. The smallest absolute Gasteiger partial charge is 0.318 e. The summed E-state index contributed by atoms with van der Waals surface area (Å²) in [5.74, 6) is 0.734. The number of hydrogen-bond donors (Lipinski definition) is 1. The summed E-state index contributed by atoms with van der Waals surface area (Å²) in [5.41, 5.74) is 0.780. The van der Waals surface area contributed by atoms with E-state index in [0.29, 0.717) is 5.76 Å². The molecule has 2 heterocycles. The number of amides is 2. The van der Waals surface area contributed by atoms with E-state index >= 15 is 0 Å². The molecule has 1 aromatic heterocycles. The molecule has 118 valence electrons. The van der Waals surface area contributed by atoms with Crippen LogP contribution in [0.5, 0.6) is 0 Å². The maximum Gasteiger partial charge on any atom is 0.318 e. The maximum atomic E-state index is 12.2. The van der Waals surface area contributed by atoms with Gasteiger partial charge >= 0.3 is 6.03 Å². The van der Waals surface area contributed by atoms with Gasteiger partial charge < -0.3 is 14.6 Å². The van der Waals surface area contributed by atoms with Gasteiger partial charge in [-0.2, -0.15) is 0 Å². The lowest BCUT2D eigenvalue weighted by atomic mass is 10.2. The molecule has 22 heavy (non-hydrogen) atoms. The molecule has 7 heteroatoms. The Bertz CT molecular complexity index is 750. The molecule has 2 amide bonds. The molecule has 0 bridgehead atoms. The van der Waals surface area contributed by atoms with E-state index in [1.165, 1.54) is 4.90 Å². The highest BCUT2D eigenvalue weighted by atomic mass is 32.2. The summed E-state index contributed by atoms with van der Waals surface area (Å²) in [7, 11) is -2.99. The molecule has 1 saturated heterocycles. The summed E-state index contributed by atoms with van der Waals surface area (Å²) in [6.07, 6.45) is 0. The number of hydrogen-bond acceptors (Lipinski definition) is 4. The number of benzene rings is 1. The molecule has 6 nitrogen and oxygen atoms in total. The molecule has 0 unspecified atom stereocenters. The quantitative estimate of drug-likeness (QED) is 0.916. The minimum Gasteiger partial charge on any atom is -0.459 e. The molecule has 0 spiro atoms. The fourth-order valence-corrected chi connectivity index (χ4v) is 3.68. The predicted molar refractivity (Wildman–Crippen MR) is 83.4 cm³/mol. The van der Waals surface area contributed by atoms with Crippen molar-refractivity contribution in [2.75, 3.05) is 24.6 Å². The molecule has 1 aliphatic rings. The standard InChI is InChI=1S/C15H18N2O4S/c1-11(14-10-12-4-2-3-5-13(12)21-14)16-15(18)17-6-8-22(19,20)9-7-17/h2-5,10-11H,6-9H2,1H3,(H,16,18)/t11-/m1/s1. The van der Waals surface area contributed by atoms with Crippen LogP contribution in [0.15, 0.2) is 34.7 Å². The molecule has 1 aliphatic heterocycles. The van der Waals surface area contributed by atoms with Gasteiger partial charge in [0.2, 0.25) is 0 Å². The molecule has 1 atom stereocenters. The number of rotatable bonds is 2. The van der Waals surface area contributed by atoms with E-state index in [1.54, 1.807) is 0 Å². The average Bonchev–Trinajstić information content (AvgIpc) is 2.91. The second kappa shape index (κ2) is 5.64. The zero-order chi connectivity index (χ0) is 15.7.